The number of aryl methyl sites for hydroxylation is 1. The molecule has 130 valence electrons. The molecule has 1 aliphatic heterocycles. The molecule has 2 aromatic rings. The van der Waals surface area contributed by atoms with Gasteiger partial charge >= 0.3 is 5.97 Å². The lowest BCUT2D eigenvalue weighted by atomic mass is 10.1. The van der Waals surface area contributed by atoms with Gasteiger partial charge in [-0.15, -0.1) is 0 Å². The first kappa shape index (κ1) is 17.2. The van der Waals surface area contributed by atoms with E-state index in [4.69, 9.17) is 4.74 Å². The minimum absolute atomic E-state index is 0.000339. The minimum Gasteiger partial charge on any atom is -0.426 e. The zero-order valence-corrected chi connectivity index (χ0v) is 14.6. The van der Waals surface area contributed by atoms with Gasteiger partial charge in [-0.3, -0.25) is 9.59 Å². The average Bonchev–Trinajstić information content (AvgIpc) is 3.04. The van der Waals surface area contributed by atoms with Gasteiger partial charge in [0, 0.05) is 13.0 Å². The maximum Gasteiger partial charge on any atom is 0.316 e. The Labute approximate surface area is 148 Å². The average molecular weight is 337 g/mol. The van der Waals surface area contributed by atoms with Crippen LogP contribution in [0.1, 0.15) is 37.4 Å². The Morgan fingerprint density at radius 1 is 1.16 bits per heavy atom. The first-order valence-corrected chi connectivity index (χ1v) is 8.73. The Bertz CT molecular complexity index is 739. The highest BCUT2D eigenvalue weighted by atomic mass is 16.5. The van der Waals surface area contributed by atoms with E-state index in [2.05, 4.69) is 6.92 Å². The second-order valence-electron chi connectivity index (χ2n) is 6.45. The number of likely N-dealkylation sites (tertiary alicyclic amines) is 1. The summed E-state index contributed by atoms with van der Waals surface area (Å²) >= 11 is 0. The minimum atomic E-state index is -0.412. The fraction of sp³-hybridized carbons (Fsp3) is 0.333. The Kier molecular flexibility index (Phi) is 5.17. The zero-order chi connectivity index (χ0) is 17.8. The molecular weight excluding hydrogens is 314 g/mol. The van der Waals surface area contributed by atoms with Crippen molar-refractivity contribution in [3.63, 3.8) is 0 Å². The summed E-state index contributed by atoms with van der Waals surface area (Å²) in [5, 5.41) is 0. The van der Waals surface area contributed by atoms with E-state index in [-0.39, 0.29) is 24.3 Å². The number of rotatable bonds is 5. The summed E-state index contributed by atoms with van der Waals surface area (Å²) in [5.74, 6) is -0.214. The van der Waals surface area contributed by atoms with Crippen LogP contribution in [0.3, 0.4) is 0 Å². The summed E-state index contributed by atoms with van der Waals surface area (Å²) in [7, 11) is 0. The van der Waals surface area contributed by atoms with Crippen molar-refractivity contribution in [1.29, 1.82) is 0 Å². The Balaban J connectivity index is 1.64. The summed E-state index contributed by atoms with van der Waals surface area (Å²) in [6.07, 6.45) is 1.15. The van der Waals surface area contributed by atoms with Crippen molar-refractivity contribution in [1.82, 2.24) is 4.90 Å². The SMILES string of the molecule is CCc1ccc(OC(=O)[C@H]2CC(=O)N([C@H](C)c3ccccc3)C2)cc1. The normalized spacial score (nSPS) is 18.2. The summed E-state index contributed by atoms with van der Waals surface area (Å²) in [4.78, 5) is 26.5. The number of esters is 1. The molecule has 25 heavy (non-hydrogen) atoms. The summed E-state index contributed by atoms with van der Waals surface area (Å²) in [5.41, 5.74) is 2.26. The molecule has 1 heterocycles. The van der Waals surface area contributed by atoms with E-state index in [0.717, 1.165) is 12.0 Å². The summed E-state index contributed by atoms with van der Waals surface area (Å²) < 4.78 is 5.46. The smallest absolute Gasteiger partial charge is 0.316 e. The van der Waals surface area contributed by atoms with Gasteiger partial charge in [0.15, 0.2) is 0 Å². The first-order chi connectivity index (χ1) is 12.1. The molecule has 1 fully saturated rings. The highest BCUT2D eigenvalue weighted by Gasteiger charge is 2.38. The number of benzene rings is 2. The molecule has 0 N–H and O–H groups in total. The monoisotopic (exact) mass is 337 g/mol. The molecule has 0 unspecified atom stereocenters. The van der Waals surface area contributed by atoms with Crippen LogP contribution in [-0.4, -0.2) is 23.3 Å². The van der Waals surface area contributed by atoms with Crippen LogP contribution in [0.5, 0.6) is 5.75 Å². The van der Waals surface area contributed by atoms with Crippen molar-refractivity contribution in [2.45, 2.75) is 32.7 Å². The third kappa shape index (κ3) is 3.90. The largest absolute Gasteiger partial charge is 0.426 e. The van der Waals surface area contributed by atoms with Crippen LogP contribution in [0, 0.1) is 5.92 Å². The van der Waals surface area contributed by atoms with Gasteiger partial charge in [0.25, 0.3) is 0 Å². The summed E-state index contributed by atoms with van der Waals surface area (Å²) in [6, 6.07) is 17.3. The second kappa shape index (κ2) is 7.51. The van der Waals surface area contributed by atoms with Crippen molar-refractivity contribution in [3.05, 3.63) is 65.7 Å². The van der Waals surface area contributed by atoms with Gasteiger partial charge in [0.05, 0.1) is 12.0 Å². The van der Waals surface area contributed by atoms with Gasteiger partial charge < -0.3 is 9.64 Å². The van der Waals surface area contributed by atoms with E-state index < -0.39 is 5.92 Å². The lowest BCUT2D eigenvalue weighted by molar-refractivity contribution is -0.139. The number of hydrogen-bond donors (Lipinski definition) is 0. The molecule has 0 spiro atoms. The molecule has 1 amide bonds. The van der Waals surface area contributed by atoms with Crippen molar-refractivity contribution >= 4 is 11.9 Å². The second-order valence-corrected chi connectivity index (χ2v) is 6.45. The van der Waals surface area contributed by atoms with Crippen LogP contribution in [0.25, 0.3) is 0 Å². The van der Waals surface area contributed by atoms with Gasteiger partial charge in [-0.1, -0.05) is 49.4 Å². The zero-order valence-electron chi connectivity index (χ0n) is 14.6. The molecule has 1 aliphatic rings. The quantitative estimate of drug-likeness (QED) is 0.616. The van der Waals surface area contributed by atoms with Crippen LogP contribution >= 0.6 is 0 Å². The van der Waals surface area contributed by atoms with Gasteiger partial charge in [-0.25, -0.2) is 0 Å². The first-order valence-electron chi connectivity index (χ1n) is 8.73. The molecule has 0 bridgehead atoms. The molecule has 0 aromatic heterocycles. The highest BCUT2D eigenvalue weighted by Crippen LogP contribution is 2.29. The van der Waals surface area contributed by atoms with Crippen molar-refractivity contribution in [3.8, 4) is 5.75 Å². The number of carbonyl (C=O) groups excluding carboxylic acids is 2. The Morgan fingerprint density at radius 3 is 2.48 bits per heavy atom. The van der Waals surface area contributed by atoms with Gasteiger partial charge in [-0.2, -0.15) is 0 Å². The number of amides is 1. The Hall–Kier alpha value is -2.62. The molecule has 0 radical (unpaired) electrons. The van der Waals surface area contributed by atoms with Crippen molar-refractivity contribution in [2.75, 3.05) is 6.54 Å². The summed E-state index contributed by atoms with van der Waals surface area (Å²) in [6.45, 7) is 4.47. The topological polar surface area (TPSA) is 46.6 Å². The number of ether oxygens (including phenoxy) is 1. The van der Waals surface area contributed by atoms with Crippen LogP contribution in [0.2, 0.25) is 0 Å². The third-order valence-electron chi connectivity index (χ3n) is 4.79. The molecule has 0 saturated carbocycles. The van der Waals surface area contributed by atoms with E-state index in [9.17, 15) is 9.59 Å². The molecule has 0 aliphatic carbocycles. The molecule has 2 aromatic carbocycles. The lowest BCUT2D eigenvalue weighted by Crippen LogP contribution is -2.30. The maximum absolute atomic E-state index is 12.4. The van der Waals surface area contributed by atoms with E-state index in [1.54, 1.807) is 17.0 Å². The van der Waals surface area contributed by atoms with E-state index in [1.807, 2.05) is 49.4 Å². The fourth-order valence-corrected chi connectivity index (χ4v) is 3.17. The number of hydrogen-bond acceptors (Lipinski definition) is 3. The van der Waals surface area contributed by atoms with Crippen molar-refractivity contribution < 1.29 is 14.3 Å². The predicted molar refractivity (Wildman–Crippen MR) is 96.1 cm³/mol. The molecule has 2 atom stereocenters. The lowest BCUT2D eigenvalue weighted by Gasteiger charge is -2.25. The van der Waals surface area contributed by atoms with Crippen LogP contribution in [-0.2, 0) is 16.0 Å². The predicted octanol–water partition coefficient (Wildman–Crippen LogP) is 3.76. The van der Waals surface area contributed by atoms with Crippen LogP contribution < -0.4 is 4.74 Å². The van der Waals surface area contributed by atoms with Gasteiger partial charge in [-0.05, 0) is 36.6 Å². The standard InChI is InChI=1S/C21H23NO3/c1-3-16-9-11-19(12-10-16)25-21(24)18-13-20(23)22(14-18)15(2)17-7-5-4-6-8-17/h4-12,15,18H,3,13-14H2,1-2H3/t15-,18+/m1/s1. The molecule has 1 saturated heterocycles. The van der Waals surface area contributed by atoms with Crippen LogP contribution in [0.4, 0.5) is 0 Å². The van der Waals surface area contributed by atoms with E-state index in [1.165, 1.54) is 5.56 Å². The van der Waals surface area contributed by atoms with Gasteiger partial charge in [0.2, 0.25) is 5.91 Å². The maximum atomic E-state index is 12.4. The van der Waals surface area contributed by atoms with Crippen molar-refractivity contribution in [2.24, 2.45) is 5.92 Å². The molecular formula is C21H23NO3. The number of carbonyl (C=O) groups is 2. The van der Waals surface area contributed by atoms with Gasteiger partial charge in [0.1, 0.15) is 5.75 Å². The fourth-order valence-electron chi connectivity index (χ4n) is 3.17. The molecule has 4 heteroatoms. The van der Waals surface area contributed by atoms with E-state index >= 15 is 0 Å². The molecule has 4 nitrogen and oxygen atoms in total. The van der Waals surface area contributed by atoms with Crippen LogP contribution in [0.15, 0.2) is 54.6 Å². The number of nitrogens with zero attached hydrogens (tertiary/aromatic N) is 1. The van der Waals surface area contributed by atoms with E-state index in [0.29, 0.717) is 12.3 Å². The third-order valence-corrected chi connectivity index (χ3v) is 4.79. The Morgan fingerprint density at radius 2 is 1.84 bits per heavy atom. The molecule has 3 rings (SSSR count). The highest BCUT2D eigenvalue weighted by molar-refractivity contribution is 5.87.